The van der Waals surface area contributed by atoms with Gasteiger partial charge in [-0.25, -0.2) is 0 Å². The highest BCUT2D eigenvalue weighted by Crippen LogP contribution is 2.43. The van der Waals surface area contributed by atoms with Crippen LogP contribution in [0.5, 0.6) is 0 Å². The Bertz CT molecular complexity index is 768. The molecule has 1 aliphatic heterocycles. The SMILES string of the molecule is C(=N\N1[C@H](c2ccccc2)CC[C@H]1c1ccccc1)/c1ccccn1. The van der Waals surface area contributed by atoms with Gasteiger partial charge >= 0.3 is 0 Å². The number of pyridine rings is 1. The van der Waals surface area contributed by atoms with Crippen molar-refractivity contribution in [2.75, 3.05) is 0 Å². The summed E-state index contributed by atoms with van der Waals surface area (Å²) in [7, 11) is 0. The number of hydrogen-bond donors (Lipinski definition) is 0. The van der Waals surface area contributed by atoms with Gasteiger partial charge in [0.1, 0.15) is 0 Å². The third kappa shape index (κ3) is 3.45. The summed E-state index contributed by atoms with van der Waals surface area (Å²) in [5.41, 5.74) is 3.52. The van der Waals surface area contributed by atoms with Gasteiger partial charge in [-0.3, -0.25) is 9.99 Å². The topological polar surface area (TPSA) is 28.5 Å². The van der Waals surface area contributed by atoms with Crippen LogP contribution in [0, 0.1) is 0 Å². The molecular formula is C22H21N3. The Morgan fingerprint density at radius 1 is 0.760 bits per heavy atom. The molecule has 0 spiro atoms. The molecule has 1 saturated heterocycles. The third-order valence-electron chi connectivity index (χ3n) is 4.73. The minimum Gasteiger partial charge on any atom is -0.282 e. The van der Waals surface area contributed by atoms with Gasteiger partial charge in [0, 0.05) is 6.20 Å². The van der Waals surface area contributed by atoms with Crippen LogP contribution in [0.15, 0.2) is 90.2 Å². The predicted molar refractivity (Wildman–Crippen MR) is 101 cm³/mol. The van der Waals surface area contributed by atoms with Crippen LogP contribution in [0.2, 0.25) is 0 Å². The van der Waals surface area contributed by atoms with Crippen molar-refractivity contribution in [1.82, 2.24) is 9.99 Å². The number of benzene rings is 2. The highest BCUT2D eigenvalue weighted by atomic mass is 15.5. The van der Waals surface area contributed by atoms with Gasteiger partial charge in [0.05, 0.1) is 24.0 Å². The lowest BCUT2D eigenvalue weighted by Crippen LogP contribution is -2.21. The molecule has 3 aromatic rings. The maximum atomic E-state index is 4.85. The number of aromatic nitrogens is 1. The number of hydrogen-bond acceptors (Lipinski definition) is 3. The summed E-state index contributed by atoms with van der Waals surface area (Å²) in [5.74, 6) is 0. The molecular weight excluding hydrogens is 306 g/mol. The molecule has 0 unspecified atom stereocenters. The van der Waals surface area contributed by atoms with E-state index in [4.69, 9.17) is 5.10 Å². The molecule has 0 aliphatic carbocycles. The Morgan fingerprint density at radius 3 is 1.84 bits per heavy atom. The first-order chi connectivity index (χ1) is 12.4. The summed E-state index contributed by atoms with van der Waals surface area (Å²) in [6.07, 6.45) is 5.87. The molecule has 2 aromatic carbocycles. The van der Waals surface area contributed by atoms with Gasteiger partial charge in [-0.2, -0.15) is 5.10 Å². The minimum atomic E-state index is 0.298. The molecule has 3 nitrogen and oxygen atoms in total. The van der Waals surface area contributed by atoms with Crippen molar-refractivity contribution in [3.8, 4) is 0 Å². The average molecular weight is 327 g/mol. The quantitative estimate of drug-likeness (QED) is 0.631. The summed E-state index contributed by atoms with van der Waals surface area (Å²) in [5, 5.41) is 7.10. The van der Waals surface area contributed by atoms with Gasteiger partial charge in [0.25, 0.3) is 0 Å². The fourth-order valence-electron chi connectivity index (χ4n) is 3.53. The molecule has 2 heterocycles. The van der Waals surface area contributed by atoms with E-state index in [9.17, 15) is 0 Å². The van der Waals surface area contributed by atoms with E-state index in [2.05, 4.69) is 70.7 Å². The maximum Gasteiger partial charge on any atom is 0.0830 e. The lowest BCUT2D eigenvalue weighted by Gasteiger charge is -2.28. The highest BCUT2D eigenvalue weighted by molar-refractivity contribution is 5.76. The molecule has 2 atom stereocenters. The summed E-state index contributed by atoms with van der Waals surface area (Å²) in [6.45, 7) is 0. The normalized spacial score (nSPS) is 20.2. The molecule has 0 N–H and O–H groups in total. The lowest BCUT2D eigenvalue weighted by atomic mass is 10.0. The molecule has 4 rings (SSSR count). The van der Waals surface area contributed by atoms with E-state index in [1.165, 1.54) is 11.1 Å². The Morgan fingerprint density at radius 2 is 1.32 bits per heavy atom. The van der Waals surface area contributed by atoms with Crippen LogP contribution in [-0.2, 0) is 0 Å². The van der Waals surface area contributed by atoms with Crippen molar-refractivity contribution in [3.63, 3.8) is 0 Å². The maximum absolute atomic E-state index is 4.85. The van der Waals surface area contributed by atoms with Crippen molar-refractivity contribution in [2.24, 2.45) is 5.10 Å². The van der Waals surface area contributed by atoms with Crippen LogP contribution in [0.3, 0.4) is 0 Å². The minimum absolute atomic E-state index is 0.298. The van der Waals surface area contributed by atoms with Crippen LogP contribution in [0.1, 0.15) is 41.7 Å². The second kappa shape index (κ2) is 7.31. The molecule has 0 bridgehead atoms. The van der Waals surface area contributed by atoms with Gasteiger partial charge in [0.15, 0.2) is 0 Å². The van der Waals surface area contributed by atoms with Gasteiger partial charge in [0.2, 0.25) is 0 Å². The second-order valence-electron chi connectivity index (χ2n) is 6.31. The molecule has 3 heteroatoms. The first-order valence-electron chi connectivity index (χ1n) is 8.75. The van der Waals surface area contributed by atoms with Crippen molar-refractivity contribution in [1.29, 1.82) is 0 Å². The van der Waals surface area contributed by atoms with Gasteiger partial charge in [-0.05, 0) is 36.1 Å². The first kappa shape index (κ1) is 15.6. The Labute approximate surface area is 148 Å². The van der Waals surface area contributed by atoms with E-state index in [1.54, 1.807) is 6.20 Å². The van der Waals surface area contributed by atoms with Crippen LogP contribution in [0.4, 0.5) is 0 Å². The molecule has 1 fully saturated rings. The zero-order valence-corrected chi connectivity index (χ0v) is 14.1. The van der Waals surface area contributed by atoms with E-state index in [0.717, 1.165) is 18.5 Å². The summed E-state index contributed by atoms with van der Waals surface area (Å²) >= 11 is 0. The van der Waals surface area contributed by atoms with E-state index in [1.807, 2.05) is 24.4 Å². The van der Waals surface area contributed by atoms with Gasteiger partial charge in [-0.15, -0.1) is 0 Å². The summed E-state index contributed by atoms with van der Waals surface area (Å²) in [6, 6.07) is 27.8. The van der Waals surface area contributed by atoms with Crippen LogP contribution < -0.4 is 0 Å². The highest BCUT2D eigenvalue weighted by Gasteiger charge is 2.34. The Hall–Kier alpha value is -2.94. The van der Waals surface area contributed by atoms with Crippen molar-refractivity contribution < 1.29 is 0 Å². The average Bonchev–Trinajstić information content (AvgIpc) is 3.12. The van der Waals surface area contributed by atoms with Crippen LogP contribution in [0.25, 0.3) is 0 Å². The van der Waals surface area contributed by atoms with Gasteiger partial charge < -0.3 is 0 Å². The van der Waals surface area contributed by atoms with E-state index in [-0.39, 0.29) is 0 Å². The van der Waals surface area contributed by atoms with E-state index in [0.29, 0.717) is 12.1 Å². The molecule has 1 aliphatic rings. The third-order valence-corrected chi connectivity index (χ3v) is 4.73. The summed E-state index contributed by atoms with van der Waals surface area (Å²) in [4.78, 5) is 4.36. The molecule has 0 amide bonds. The zero-order valence-electron chi connectivity index (χ0n) is 14.1. The summed E-state index contributed by atoms with van der Waals surface area (Å²) < 4.78 is 0. The monoisotopic (exact) mass is 327 g/mol. The Balaban J connectivity index is 1.67. The lowest BCUT2D eigenvalue weighted by molar-refractivity contribution is 0.205. The molecule has 1 aromatic heterocycles. The van der Waals surface area contributed by atoms with Crippen molar-refractivity contribution in [3.05, 3.63) is 102 Å². The molecule has 25 heavy (non-hydrogen) atoms. The van der Waals surface area contributed by atoms with Crippen molar-refractivity contribution in [2.45, 2.75) is 24.9 Å². The standard InChI is InChI=1S/C22H21N3/c1-3-9-18(10-4-1)21-14-15-22(19-11-5-2-6-12-19)25(21)24-17-20-13-7-8-16-23-20/h1-13,16-17,21-22H,14-15H2/b24-17+/t21-,22-/m0/s1. The van der Waals surface area contributed by atoms with Crippen LogP contribution in [-0.4, -0.2) is 16.2 Å². The first-order valence-corrected chi connectivity index (χ1v) is 8.75. The van der Waals surface area contributed by atoms with Crippen molar-refractivity contribution >= 4 is 6.21 Å². The fourth-order valence-corrected chi connectivity index (χ4v) is 3.53. The second-order valence-corrected chi connectivity index (χ2v) is 6.31. The largest absolute Gasteiger partial charge is 0.282 e. The molecule has 124 valence electrons. The molecule has 0 radical (unpaired) electrons. The number of rotatable bonds is 4. The smallest absolute Gasteiger partial charge is 0.0830 e. The zero-order chi connectivity index (χ0) is 16.9. The number of nitrogens with zero attached hydrogens (tertiary/aromatic N) is 3. The number of hydrazone groups is 1. The van der Waals surface area contributed by atoms with Gasteiger partial charge in [-0.1, -0.05) is 66.7 Å². The van der Waals surface area contributed by atoms with E-state index < -0.39 is 0 Å². The fraction of sp³-hybridized carbons (Fsp3) is 0.182. The molecule has 0 saturated carbocycles. The van der Waals surface area contributed by atoms with Crippen LogP contribution >= 0.6 is 0 Å². The van der Waals surface area contributed by atoms with E-state index >= 15 is 0 Å². The Kier molecular flexibility index (Phi) is 4.55. The predicted octanol–water partition coefficient (Wildman–Crippen LogP) is 4.99.